The molecule has 7 heteroatoms. The third kappa shape index (κ3) is 4.92. The minimum atomic E-state index is -0.878. The van der Waals surface area contributed by atoms with Gasteiger partial charge in [-0.2, -0.15) is 0 Å². The number of halogens is 2. The number of carbonyl (C=O) groups excluding carboxylic acids is 2. The van der Waals surface area contributed by atoms with Gasteiger partial charge in [0.25, 0.3) is 0 Å². The second kappa shape index (κ2) is 9.16. The molecule has 2 aromatic carbocycles. The summed E-state index contributed by atoms with van der Waals surface area (Å²) in [5.41, 5.74) is 7.55. The van der Waals surface area contributed by atoms with Crippen molar-refractivity contribution in [2.24, 2.45) is 5.73 Å². The number of hydrogen-bond acceptors (Lipinski definition) is 3. The van der Waals surface area contributed by atoms with Crippen molar-refractivity contribution in [2.45, 2.75) is 44.8 Å². The standard InChI is InChI=1S/C22H25Cl2N3O2/c1-22(21(29)26-14-17-12-19(24)7-6-16(17)13-25)8-3-9-27(22)20(28)11-15-4-2-5-18(23)10-15/h2,4-7,10,12H,3,8-9,11,13-14,25H2,1H3,(H,26,29)/t22-/m0/s1. The van der Waals surface area contributed by atoms with Gasteiger partial charge in [-0.3, -0.25) is 9.59 Å². The second-order valence-corrected chi connectivity index (χ2v) is 8.40. The zero-order valence-electron chi connectivity index (χ0n) is 16.4. The quantitative estimate of drug-likeness (QED) is 0.728. The Morgan fingerprint density at radius 1 is 1.14 bits per heavy atom. The number of nitrogens with two attached hydrogens (primary N) is 1. The molecule has 154 valence electrons. The van der Waals surface area contributed by atoms with E-state index >= 15 is 0 Å². The summed E-state index contributed by atoms with van der Waals surface area (Å²) in [4.78, 5) is 27.7. The fourth-order valence-electron chi connectivity index (χ4n) is 3.84. The van der Waals surface area contributed by atoms with Crippen molar-refractivity contribution in [3.63, 3.8) is 0 Å². The number of hydrogen-bond donors (Lipinski definition) is 2. The lowest BCUT2D eigenvalue weighted by atomic mass is 9.96. The lowest BCUT2D eigenvalue weighted by molar-refractivity contribution is -0.143. The van der Waals surface area contributed by atoms with E-state index in [9.17, 15) is 9.59 Å². The SMILES string of the molecule is C[C@@]1(C(=O)NCc2cc(Cl)ccc2CN)CCCN1C(=O)Cc1cccc(Cl)c1. The van der Waals surface area contributed by atoms with Crippen molar-refractivity contribution >= 4 is 35.0 Å². The molecule has 0 radical (unpaired) electrons. The van der Waals surface area contributed by atoms with E-state index in [-0.39, 0.29) is 18.2 Å². The Hall–Kier alpha value is -2.08. The number of nitrogens with one attached hydrogen (secondary N) is 1. The Balaban J connectivity index is 1.70. The van der Waals surface area contributed by atoms with Gasteiger partial charge in [-0.1, -0.05) is 41.4 Å². The Bertz CT molecular complexity index is 919. The molecule has 1 aliphatic heterocycles. The van der Waals surface area contributed by atoms with Crippen LogP contribution >= 0.6 is 23.2 Å². The number of nitrogens with zero attached hydrogens (tertiary/aromatic N) is 1. The van der Waals surface area contributed by atoms with Gasteiger partial charge in [0.15, 0.2) is 0 Å². The molecule has 1 atom stereocenters. The van der Waals surface area contributed by atoms with Crippen molar-refractivity contribution in [2.75, 3.05) is 6.54 Å². The summed E-state index contributed by atoms with van der Waals surface area (Å²) < 4.78 is 0. The van der Waals surface area contributed by atoms with Crippen molar-refractivity contribution in [1.82, 2.24) is 10.2 Å². The van der Waals surface area contributed by atoms with Crippen LogP contribution in [0.3, 0.4) is 0 Å². The zero-order valence-corrected chi connectivity index (χ0v) is 17.9. The van der Waals surface area contributed by atoms with E-state index in [1.165, 1.54) is 0 Å². The van der Waals surface area contributed by atoms with E-state index in [4.69, 9.17) is 28.9 Å². The van der Waals surface area contributed by atoms with Crippen LogP contribution in [0.4, 0.5) is 0 Å². The lowest BCUT2D eigenvalue weighted by Crippen LogP contribution is -2.55. The summed E-state index contributed by atoms with van der Waals surface area (Å²) in [5.74, 6) is -0.245. The molecule has 3 rings (SSSR count). The van der Waals surface area contributed by atoms with E-state index in [1.807, 2.05) is 31.2 Å². The molecule has 0 unspecified atom stereocenters. The van der Waals surface area contributed by atoms with E-state index in [0.29, 0.717) is 36.1 Å². The van der Waals surface area contributed by atoms with Crippen LogP contribution < -0.4 is 11.1 Å². The monoisotopic (exact) mass is 433 g/mol. The molecular formula is C22H25Cl2N3O2. The predicted molar refractivity (Wildman–Crippen MR) is 116 cm³/mol. The third-order valence-electron chi connectivity index (χ3n) is 5.50. The molecular weight excluding hydrogens is 409 g/mol. The fraction of sp³-hybridized carbons (Fsp3) is 0.364. The Morgan fingerprint density at radius 3 is 2.62 bits per heavy atom. The van der Waals surface area contributed by atoms with E-state index in [2.05, 4.69) is 5.32 Å². The van der Waals surface area contributed by atoms with Gasteiger partial charge < -0.3 is 16.0 Å². The molecule has 2 amide bonds. The maximum absolute atomic E-state index is 13.1. The molecule has 3 N–H and O–H groups in total. The molecule has 2 aromatic rings. The molecule has 1 heterocycles. The minimum absolute atomic E-state index is 0.0761. The first-order chi connectivity index (χ1) is 13.8. The maximum Gasteiger partial charge on any atom is 0.245 e. The molecule has 5 nitrogen and oxygen atoms in total. The molecule has 0 bridgehead atoms. The average Bonchev–Trinajstić information content (AvgIpc) is 3.09. The molecule has 29 heavy (non-hydrogen) atoms. The van der Waals surface area contributed by atoms with Crippen LogP contribution in [0.25, 0.3) is 0 Å². The van der Waals surface area contributed by atoms with Crippen LogP contribution in [0.2, 0.25) is 10.0 Å². The number of benzene rings is 2. The molecule has 1 fully saturated rings. The first-order valence-corrected chi connectivity index (χ1v) is 10.4. The van der Waals surface area contributed by atoms with Gasteiger partial charge in [0.05, 0.1) is 6.42 Å². The van der Waals surface area contributed by atoms with Gasteiger partial charge in [-0.15, -0.1) is 0 Å². The van der Waals surface area contributed by atoms with E-state index < -0.39 is 5.54 Å². The van der Waals surface area contributed by atoms with Gasteiger partial charge >= 0.3 is 0 Å². The van der Waals surface area contributed by atoms with Crippen LogP contribution in [-0.2, 0) is 29.1 Å². The van der Waals surface area contributed by atoms with Gasteiger partial charge in [0.2, 0.25) is 11.8 Å². The number of amides is 2. The summed E-state index contributed by atoms with van der Waals surface area (Å²) in [6, 6.07) is 12.7. The van der Waals surface area contributed by atoms with Gasteiger partial charge in [0.1, 0.15) is 5.54 Å². The molecule has 1 saturated heterocycles. The average molecular weight is 434 g/mol. The first-order valence-electron chi connectivity index (χ1n) is 9.64. The normalized spacial score (nSPS) is 18.7. The smallest absolute Gasteiger partial charge is 0.245 e. The van der Waals surface area contributed by atoms with Crippen molar-refractivity contribution in [3.8, 4) is 0 Å². The zero-order chi connectivity index (χ0) is 21.0. The van der Waals surface area contributed by atoms with E-state index in [1.54, 1.807) is 23.1 Å². The summed E-state index contributed by atoms with van der Waals surface area (Å²) in [6.07, 6.45) is 1.63. The highest BCUT2D eigenvalue weighted by atomic mass is 35.5. The van der Waals surface area contributed by atoms with Gasteiger partial charge in [0, 0.05) is 29.7 Å². The molecule has 1 aliphatic rings. The Labute approximate surface area is 181 Å². The summed E-state index contributed by atoms with van der Waals surface area (Å²) in [6.45, 7) is 3.07. The highest BCUT2D eigenvalue weighted by molar-refractivity contribution is 6.30. The van der Waals surface area contributed by atoms with Crippen LogP contribution in [-0.4, -0.2) is 28.8 Å². The largest absolute Gasteiger partial charge is 0.350 e. The first kappa shape index (κ1) is 21.6. The van der Waals surface area contributed by atoms with Gasteiger partial charge in [-0.05, 0) is 60.7 Å². The Kier molecular flexibility index (Phi) is 6.83. The Morgan fingerprint density at radius 2 is 1.90 bits per heavy atom. The van der Waals surface area contributed by atoms with Crippen molar-refractivity contribution in [1.29, 1.82) is 0 Å². The number of rotatable bonds is 6. The fourth-order valence-corrected chi connectivity index (χ4v) is 4.25. The third-order valence-corrected chi connectivity index (χ3v) is 5.97. The van der Waals surface area contributed by atoms with Crippen molar-refractivity contribution < 1.29 is 9.59 Å². The van der Waals surface area contributed by atoms with Crippen LogP contribution in [0.15, 0.2) is 42.5 Å². The molecule has 0 spiro atoms. The maximum atomic E-state index is 13.1. The molecule has 0 aliphatic carbocycles. The number of carbonyl (C=O) groups is 2. The topological polar surface area (TPSA) is 75.4 Å². The summed E-state index contributed by atoms with van der Waals surface area (Å²) in [7, 11) is 0. The summed E-state index contributed by atoms with van der Waals surface area (Å²) >= 11 is 12.1. The predicted octanol–water partition coefficient (Wildman–Crippen LogP) is 3.69. The summed E-state index contributed by atoms with van der Waals surface area (Å²) in [5, 5.41) is 4.16. The van der Waals surface area contributed by atoms with Crippen LogP contribution in [0.5, 0.6) is 0 Å². The molecule has 0 aromatic heterocycles. The van der Waals surface area contributed by atoms with Crippen LogP contribution in [0, 0.1) is 0 Å². The molecule has 0 saturated carbocycles. The number of likely N-dealkylation sites (tertiary alicyclic amines) is 1. The van der Waals surface area contributed by atoms with Gasteiger partial charge in [-0.25, -0.2) is 0 Å². The highest BCUT2D eigenvalue weighted by Crippen LogP contribution is 2.30. The van der Waals surface area contributed by atoms with Crippen molar-refractivity contribution in [3.05, 3.63) is 69.2 Å². The second-order valence-electron chi connectivity index (χ2n) is 7.53. The lowest BCUT2D eigenvalue weighted by Gasteiger charge is -2.34. The van der Waals surface area contributed by atoms with E-state index in [0.717, 1.165) is 23.1 Å². The minimum Gasteiger partial charge on any atom is -0.350 e. The van der Waals surface area contributed by atoms with Crippen LogP contribution in [0.1, 0.15) is 36.5 Å². The highest BCUT2D eigenvalue weighted by Gasteiger charge is 2.45.